The van der Waals surface area contributed by atoms with Crippen LogP contribution in [0.1, 0.15) is 11.1 Å². The summed E-state index contributed by atoms with van der Waals surface area (Å²) in [5, 5.41) is 28.1. The summed E-state index contributed by atoms with van der Waals surface area (Å²) < 4.78 is 26.8. The third-order valence-electron chi connectivity index (χ3n) is 4.62. The van der Waals surface area contributed by atoms with Crippen LogP contribution in [0.15, 0.2) is 36.4 Å². The first-order valence-electron chi connectivity index (χ1n) is 10.4. The summed E-state index contributed by atoms with van der Waals surface area (Å²) in [6, 6.07) is 11.6. The second-order valence-corrected chi connectivity index (χ2v) is 7.11. The molecule has 3 rings (SSSR count). The quantitative estimate of drug-likeness (QED) is 0.272. The van der Waals surface area contributed by atoms with Crippen LogP contribution >= 0.6 is 0 Å². The van der Waals surface area contributed by atoms with Crippen LogP contribution < -0.4 is 24.3 Å². The number of methoxy groups -OCH3 is 2. The maximum absolute atomic E-state index is 10.1. The van der Waals surface area contributed by atoms with Gasteiger partial charge in [0.2, 0.25) is 6.79 Å². The number of carbonyl (C=O) groups is 2. The van der Waals surface area contributed by atoms with Gasteiger partial charge in [-0.05, 0) is 48.4 Å². The highest BCUT2D eigenvalue weighted by atomic mass is 16.7. The number of hydrogen-bond donors (Lipinski definition) is 4. The molecule has 0 aromatic heterocycles. The molecule has 11 heteroatoms. The minimum atomic E-state index is -1.82. The van der Waals surface area contributed by atoms with Crippen LogP contribution in [-0.4, -0.2) is 74.1 Å². The first kappa shape index (κ1) is 26.7. The van der Waals surface area contributed by atoms with Gasteiger partial charge < -0.3 is 44.3 Å². The number of carboxylic acids is 2. The molecule has 1 aliphatic rings. The normalized spacial score (nSPS) is 12.3. The molecular formula is C23H29NO10. The topological polar surface area (TPSA) is 153 Å². The van der Waals surface area contributed by atoms with Gasteiger partial charge in [0.15, 0.2) is 23.0 Å². The van der Waals surface area contributed by atoms with E-state index in [9.17, 15) is 5.11 Å². The Morgan fingerprint density at radius 1 is 0.971 bits per heavy atom. The number of aliphatic hydroxyl groups excluding tert-OH is 1. The van der Waals surface area contributed by atoms with E-state index in [-0.39, 0.29) is 13.4 Å². The number of carboxylic acid groups (broad SMARTS) is 2. The van der Waals surface area contributed by atoms with Crippen LogP contribution in [0.2, 0.25) is 0 Å². The Kier molecular flexibility index (Phi) is 10.9. The Labute approximate surface area is 196 Å². The van der Waals surface area contributed by atoms with Gasteiger partial charge in [-0.1, -0.05) is 12.1 Å². The van der Waals surface area contributed by atoms with Crippen LogP contribution in [0.4, 0.5) is 0 Å². The van der Waals surface area contributed by atoms with Gasteiger partial charge in [-0.2, -0.15) is 0 Å². The van der Waals surface area contributed by atoms with E-state index in [0.717, 1.165) is 41.3 Å². The molecule has 11 nitrogen and oxygen atoms in total. The van der Waals surface area contributed by atoms with E-state index in [4.69, 9.17) is 43.5 Å². The lowest BCUT2D eigenvalue weighted by Crippen LogP contribution is -2.31. The number of aliphatic hydroxyl groups is 1. The standard InChI is InChI=1S/C21H27NO6.C2H2O4/c1-24-18-5-3-15(9-20(18)25-2)7-8-22-11-17(23)13-26-12-16-4-6-19-21(10-16)28-14-27-19;3-1(4)2(5)6/h3-6,9-10,17,22-23H,7-8,11-14H2,1-2H3;(H,3,4)(H,5,6). The summed E-state index contributed by atoms with van der Waals surface area (Å²) in [6.45, 7) is 2.15. The van der Waals surface area contributed by atoms with E-state index >= 15 is 0 Å². The fourth-order valence-electron chi connectivity index (χ4n) is 2.94. The van der Waals surface area contributed by atoms with Gasteiger partial charge in [-0.25, -0.2) is 9.59 Å². The van der Waals surface area contributed by atoms with Gasteiger partial charge in [0.05, 0.1) is 33.5 Å². The molecule has 1 unspecified atom stereocenters. The zero-order valence-corrected chi connectivity index (χ0v) is 19.0. The molecule has 1 heterocycles. The first-order chi connectivity index (χ1) is 16.3. The summed E-state index contributed by atoms with van der Waals surface area (Å²) >= 11 is 0. The Balaban J connectivity index is 0.000000604. The number of nitrogens with one attached hydrogen (secondary N) is 1. The van der Waals surface area contributed by atoms with Crippen LogP contribution in [0.5, 0.6) is 23.0 Å². The number of aliphatic carboxylic acids is 2. The molecule has 0 amide bonds. The third-order valence-corrected chi connectivity index (χ3v) is 4.62. The highest BCUT2D eigenvalue weighted by Gasteiger charge is 2.13. The molecular weight excluding hydrogens is 450 g/mol. The summed E-state index contributed by atoms with van der Waals surface area (Å²) in [5.74, 6) is -0.725. The maximum atomic E-state index is 10.1. The SMILES string of the molecule is COc1ccc(CCNCC(O)COCc2ccc3c(c2)OCO3)cc1OC.O=C(O)C(=O)O. The highest BCUT2D eigenvalue weighted by Crippen LogP contribution is 2.32. The molecule has 34 heavy (non-hydrogen) atoms. The molecule has 0 saturated carbocycles. The zero-order chi connectivity index (χ0) is 24.9. The fraction of sp³-hybridized carbons (Fsp3) is 0.391. The van der Waals surface area contributed by atoms with Gasteiger partial charge in [0, 0.05) is 6.54 Å². The average molecular weight is 479 g/mol. The van der Waals surface area contributed by atoms with Crippen LogP contribution in [0.25, 0.3) is 0 Å². The van der Waals surface area contributed by atoms with Crippen molar-refractivity contribution in [3.63, 3.8) is 0 Å². The summed E-state index contributed by atoms with van der Waals surface area (Å²) in [7, 11) is 3.24. The molecule has 1 atom stereocenters. The van der Waals surface area contributed by atoms with Crippen LogP contribution in [0, 0.1) is 0 Å². The van der Waals surface area contributed by atoms with Crippen molar-refractivity contribution in [2.24, 2.45) is 0 Å². The van der Waals surface area contributed by atoms with Gasteiger partial charge >= 0.3 is 11.9 Å². The Morgan fingerprint density at radius 2 is 1.65 bits per heavy atom. The molecule has 2 aromatic carbocycles. The van der Waals surface area contributed by atoms with E-state index in [0.29, 0.717) is 18.9 Å². The monoisotopic (exact) mass is 479 g/mol. The number of rotatable bonds is 11. The van der Waals surface area contributed by atoms with Gasteiger partial charge in [0.1, 0.15) is 0 Å². The Morgan fingerprint density at radius 3 is 2.32 bits per heavy atom. The van der Waals surface area contributed by atoms with Crippen molar-refractivity contribution >= 4 is 11.9 Å². The molecule has 0 radical (unpaired) electrons. The number of hydrogen-bond acceptors (Lipinski definition) is 9. The molecule has 0 fully saturated rings. The molecule has 2 aromatic rings. The van der Waals surface area contributed by atoms with E-state index < -0.39 is 18.0 Å². The van der Waals surface area contributed by atoms with Crippen molar-refractivity contribution < 1.29 is 48.6 Å². The second kappa shape index (κ2) is 13.9. The van der Waals surface area contributed by atoms with Gasteiger partial charge in [-0.3, -0.25) is 0 Å². The summed E-state index contributed by atoms with van der Waals surface area (Å²) in [6.07, 6.45) is 0.255. The molecule has 0 aliphatic carbocycles. The van der Waals surface area contributed by atoms with Crippen molar-refractivity contribution in [1.29, 1.82) is 0 Å². The second-order valence-electron chi connectivity index (χ2n) is 7.11. The fourth-order valence-corrected chi connectivity index (χ4v) is 2.94. The Hall–Kier alpha value is -3.54. The number of ether oxygens (including phenoxy) is 5. The zero-order valence-electron chi connectivity index (χ0n) is 19.0. The van der Waals surface area contributed by atoms with Crippen LogP contribution in [0.3, 0.4) is 0 Å². The smallest absolute Gasteiger partial charge is 0.414 e. The van der Waals surface area contributed by atoms with E-state index in [1.165, 1.54) is 0 Å². The highest BCUT2D eigenvalue weighted by molar-refractivity contribution is 6.27. The predicted molar refractivity (Wildman–Crippen MR) is 120 cm³/mol. The van der Waals surface area contributed by atoms with Crippen molar-refractivity contribution in [3.8, 4) is 23.0 Å². The molecule has 0 spiro atoms. The number of benzene rings is 2. The van der Waals surface area contributed by atoms with Crippen molar-refractivity contribution in [2.75, 3.05) is 40.7 Å². The van der Waals surface area contributed by atoms with Crippen LogP contribution in [-0.2, 0) is 27.4 Å². The lowest BCUT2D eigenvalue weighted by atomic mass is 10.1. The summed E-state index contributed by atoms with van der Waals surface area (Å²) in [4.78, 5) is 18.2. The molecule has 186 valence electrons. The van der Waals surface area contributed by atoms with Gasteiger partial charge in [-0.15, -0.1) is 0 Å². The summed E-state index contributed by atoms with van der Waals surface area (Å²) in [5.41, 5.74) is 2.12. The predicted octanol–water partition coefficient (Wildman–Crippen LogP) is 1.30. The van der Waals surface area contributed by atoms with Crippen molar-refractivity contribution in [3.05, 3.63) is 47.5 Å². The van der Waals surface area contributed by atoms with Crippen molar-refractivity contribution in [2.45, 2.75) is 19.1 Å². The average Bonchev–Trinajstić information content (AvgIpc) is 3.30. The molecule has 1 aliphatic heterocycles. The Bertz CT molecular complexity index is 937. The minimum absolute atomic E-state index is 0.257. The maximum Gasteiger partial charge on any atom is 0.414 e. The van der Waals surface area contributed by atoms with E-state index in [1.54, 1.807) is 14.2 Å². The number of fused-ring (bicyclic) bond motifs is 1. The lowest BCUT2D eigenvalue weighted by Gasteiger charge is -2.13. The molecule has 0 bridgehead atoms. The third kappa shape index (κ3) is 8.77. The largest absolute Gasteiger partial charge is 0.493 e. The lowest BCUT2D eigenvalue weighted by molar-refractivity contribution is -0.159. The molecule has 0 saturated heterocycles. The minimum Gasteiger partial charge on any atom is -0.493 e. The van der Waals surface area contributed by atoms with Crippen molar-refractivity contribution in [1.82, 2.24) is 5.32 Å². The van der Waals surface area contributed by atoms with Gasteiger partial charge in [0.25, 0.3) is 0 Å². The van der Waals surface area contributed by atoms with E-state index in [2.05, 4.69) is 5.32 Å². The first-order valence-corrected chi connectivity index (χ1v) is 10.4. The molecule has 4 N–H and O–H groups in total. The van der Waals surface area contributed by atoms with E-state index in [1.807, 2.05) is 36.4 Å².